The van der Waals surface area contributed by atoms with Crippen molar-refractivity contribution in [2.24, 2.45) is 0 Å². The van der Waals surface area contributed by atoms with Crippen LogP contribution >= 0.6 is 15.9 Å². The number of aromatic nitrogens is 1. The van der Waals surface area contributed by atoms with Gasteiger partial charge < -0.3 is 9.47 Å². The average molecular weight is 566 g/mol. The molecule has 1 aromatic heterocycles. The maximum Gasteiger partial charge on any atom is 0.0542 e. The van der Waals surface area contributed by atoms with Crippen molar-refractivity contribution in [3.05, 3.63) is 156 Å². The molecule has 0 amide bonds. The van der Waals surface area contributed by atoms with Gasteiger partial charge in [0.25, 0.3) is 0 Å². The van der Waals surface area contributed by atoms with E-state index in [1.54, 1.807) is 0 Å². The van der Waals surface area contributed by atoms with Gasteiger partial charge in [0.15, 0.2) is 0 Å². The van der Waals surface area contributed by atoms with Crippen LogP contribution in [0.25, 0.3) is 38.6 Å². The number of hydrogen-bond acceptors (Lipinski definition) is 1. The van der Waals surface area contributed by atoms with Gasteiger partial charge in [0.05, 0.1) is 11.0 Å². The van der Waals surface area contributed by atoms with Crippen molar-refractivity contribution >= 4 is 54.8 Å². The van der Waals surface area contributed by atoms with Crippen molar-refractivity contribution in [1.29, 1.82) is 0 Å². The Bertz CT molecular complexity index is 1910. The Labute approximate surface area is 236 Å². The van der Waals surface area contributed by atoms with Crippen LogP contribution in [-0.4, -0.2) is 4.57 Å². The van der Waals surface area contributed by atoms with E-state index >= 15 is 0 Å². The second kappa shape index (κ2) is 9.94. The SMILES string of the molecule is Brc1cccc(-c2ccc(N(c3ccccc3)c3ccc4c(c3)c3ccccc3n4-c3ccccc3)cc2)c1. The van der Waals surface area contributed by atoms with Gasteiger partial charge in [0.1, 0.15) is 0 Å². The maximum atomic E-state index is 3.60. The molecule has 6 aromatic carbocycles. The van der Waals surface area contributed by atoms with Crippen molar-refractivity contribution in [2.45, 2.75) is 0 Å². The minimum absolute atomic E-state index is 1.08. The molecule has 0 radical (unpaired) electrons. The minimum atomic E-state index is 1.08. The highest BCUT2D eigenvalue weighted by Gasteiger charge is 2.17. The average Bonchev–Trinajstić information content (AvgIpc) is 3.32. The molecule has 0 spiro atoms. The summed E-state index contributed by atoms with van der Waals surface area (Å²) >= 11 is 3.60. The van der Waals surface area contributed by atoms with E-state index in [2.05, 4.69) is 177 Å². The first-order valence-corrected chi connectivity index (χ1v) is 13.9. The third-order valence-corrected chi connectivity index (χ3v) is 7.72. The molecule has 3 heteroatoms. The maximum absolute atomic E-state index is 3.60. The smallest absolute Gasteiger partial charge is 0.0542 e. The summed E-state index contributed by atoms with van der Waals surface area (Å²) in [5, 5.41) is 2.48. The summed E-state index contributed by atoms with van der Waals surface area (Å²) < 4.78 is 3.44. The lowest BCUT2D eigenvalue weighted by Gasteiger charge is -2.26. The number of nitrogens with zero attached hydrogens (tertiary/aromatic N) is 2. The number of benzene rings is 6. The fourth-order valence-electron chi connectivity index (χ4n) is 5.45. The number of para-hydroxylation sites is 3. The lowest BCUT2D eigenvalue weighted by Crippen LogP contribution is -2.09. The Morgan fingerprint density at radius 3 is 1.85 bits per heavy atom. The van der Waals surface area contributed by atoms with Gasteiger partial charge in [-0.2, -0.15) is 0 Å². The van der Waals surface area contributed by atoms with E-state index in [1.165, 1.54) is 38.6 Å². The van der Waals surface area contributed by atoms with Crippen molar-refractivity contribution in [3.8, 4) is 16.8 Å². The first-order valence-electron chi connectivity index (χ1n) is 13.1. The molecule has 0 atom stereocenters. The standard InChI is InChI=1S/C36H25BrN2/c37-28-11-9-10-27(24-28)26-18-20-31(21-19-26)38(29-12-3-1-4-13-29)32-22-23-36-34(25-32)33-16-7-8-17-35(33)39(36)30-14-5-2-6-15-30/h1-25H. The zero-order valence-electron chi connectivity index (χ0n) is 21.2. The second-order valence-electron chi connectivity index (χ2n) is 9.62. The van der Waals surface area contributed by atoms with Crippen molar-refractivity contribution in [2.75, 3.05) is 4.90 Å². The minimum Gasteiger partial charge on any atom is -0.310 e. The number of fused-ring (bicyclic) bond motifs is 3. The third-order valence-electron chi connectivity index (χ3n) is 7.23. The van der Waals surface area contributed by atoms with Crippen LogP contribution in [0.5, 0.6) is 0 Å². The molecule has 7 rings (SSSR count). The van der Waals surface area contributed by atoms with E-state index in [-0.39, 0.29) is 0 Å². The Morgan fingerprint density at radius 1 is 0.436 bits per heavy atom. The monoisotopic (exact) mass is 564 g/mol. The highest BCUT2D eigenvalue weighted by atomic mass is 79.9. The molecule has 0 saturated carbocycles. The van der Waals surface area contributed by atoms with E-state index in [9.17, 15) is 0 Å². The van der Waals surface area contributed by atoms with Crippen LogP contribution in [0.4, 0.5) is 17.1 Å². The van der Waals surface area contributed by atoms with Crippen LogP contribution < -0.4 is 4.90 Å². The van der Waals surface area contributed by atoms with E-state index < -0.39 is 0 Å². The summed E-state index contributed by atoms with van der Waals surface area (Å²) in [6, 6.07) is 53.9. The van der Waals surface area contributed by atoms with Crippen molar-refractivity contribution in [3.63, 3.8) is 0 Å². The van der Waals surface area contributed by atoms with Gasteiger partial charge in [0.2, 0.25) is 0 Å². The van der Waals surface area contributed by atoms with E-state index in [0.29, 0.717) is 0 Å². The molecule has 2 nitrogen and oxygen atoms in total. The topological polar surface area (TPSA) is 8.17 Å². The molecule has 186 valence electrons. The predicted octanol–water partition coefficient (Wildman–Crippen LogP) is 10.7. The zero-order valence-corrected chi connectivity index (χ0v) is 22.8. The van der Waals surface area contributed by atoms with Gasteiger partial charge in [-0.25, -0.2) is 0 Å². The normalized spacial score (nSPS) is 11.2. The number of anilines is 3. The van der Waals surface area contributed by atoms with Crippen LogP contribution in [-0.2, 0) is 0 Å². The molecular weight excluding hydrogens is 540 g/mol. The lowest BCUT2D eigenvalue weighted by molar-refractivity contribution is 1.18. The molecule has 0 unspecified atom stereocenters. The molecule has 0 saturated heterocycles. The molecule has 0 bridgehead atoms. The fraction of sp³-hybridized carbons (Fsp3) is 0. The van der Waals surface area contributed by atoms with Crippen molar-refractivity contribution in [1.82, 2.24) is 4.57 Å². The van der Waals surface area contributed by atoms with E-state index in [4.69, 9.17) is 0 Å². The Kier molecular flexibility index (Phi) is 5.99. The molecule has 7 aromatic rings. The molecule has 0 fully saturated rings. The van der Waals surface area contributed by atoms with Crippen LogP contribution in [0.2, 0.25) is 0 Å². The molecule has 1 heterocycles. The predicted molar refractivity (Wildman–Crippen MR) is 169 cm³/mol. The molecule has 0 aliphatic rings. The molecule has 39 heavy (non-hydrogen) atoms. The number of rotatable bonds is 5. The van der Waals surface area contributed by atoms with Gasteiger partial charge in [0, 0.05) is 38.0 Å². The molecule has 0 N–H and O–H groups in total. The van der Waals surface area contributed by atoms with Crippen LogP contribution in [0, 0.1) is 0 Å². The first-order chi connectivity index (χ1) is 19.3. The summed E-state index contributed by atoms with van der Waals surface area (Å²) in [4.78, 5) is 2.33. The number of halogens is 1. The summed E-state index contributed by atoms with van der Waals surface area (Å²) in [5.74, 6) is 0. The van der Waals surface area contributed by atoms with Gasteiger partial charge in [-0.1, -0.05) is 94.8 Å². The van der Waals surface area contributed by atoms with Crippen LogP contribution in [0.1, 0.15) is 0 Å². The summed E-state index contributed by atoms with van der Waals surface area (Å²) in [5.41, 5.74) is 9.32. The quantitative estimate of drug-likeness (QED) is 0.202. The lowest BCUT2D eigenvalue weighted by atomic mass is 10.0. The zero-order chi connectivity index (χ0) is 26.2. The van der Waals surface area contributed by atoms with Gasteiger partial charge in [-0.3, -0.25) is 0 Å². The Morgan fingerprint density at radius 2 is 1.08 bits per heavy atom. The van der Waals surface area contributed by atoms with Crippen LogP contribution in [0.15, 0.2) is 156 Å². The summed E-state index contributed by atoms with van der Waals surface area (Å²) in [6.07, 6.45) is 0. The third kappa shape index (κ3) is 4.31. The largest absolute Gasteiger partial charge is 0.310 e. The summed E-state index contributed by atoms with van der Waals surface area (Å²) in [7, 11) is 0. The first kappa shape index (κ1) is 23.5. The van der Waals surface area contributed by atoms with E-state index in [0.717, 1.165) is 21.5 Å². The van der Waals surface area contributed by atoms with Crippen LogP contribution in [0.3, 0.4) is 0 Å². The van der Waals surface area contributed by atoms with E-state index in [1.807, 2.05) is 0 Å². The van der Waals surface area contributed by atoms with Gasteiger partial charge in [-0.05, 0) is 83.9 Å². The second-order valence-corrected chi connectivity index (χ2v) is 10.5. The Balaban J connectivity index is 1.40. The highest BCUT2D eigenvalue weighted by molar-refractivity contribution is 9.10. The number of hydrogen-bond donors (Lipinski definition) is 0. The fourth-order valence-corrected chi connectivity index (χ4v) is 5.85. The van der Waals surface area contributed by atoms with Gasteiger partial charge >= 0.3 is 0 Å². The van der Waals surface area contributed by atoms with Gasteiger partial charge in [-0.15, -0.1) is 0 Å². The highest BCUT2D eigenvalue weighted by Crippen LogP contribution is 2.40. The molecular formula is C36H25BrN2. The molecule has 0 aliphatic heterocycles. The Hall–Kier alpha value is -4.60. The summed E-state index contributed by atoms with van der Waals surface area (Å²) in [6.45, 7) is 0. The van der Waals surface area contributed by atoms with Crippen molar-refractivity contribution < 1.29 is 0 Å². The molecule has 0 aliphatic carbocycles.